The zero-order valence-corrected chi connectivity index (χ0v) is 13.6. The molecule has 0 aliphatic carbocycles. The van der Waals surface area contributed by atoms with Crippen LogP contribution in [0.3, 0.4) is 0 Å². The molecule has 0 radical (unpaired) electrons. The van der Waals surface area contributed by atoms with Gasteiger partial charge in [0.25, 0.3) is 5.91 Å². The molecule has 0 saturated carbocycles. The van der Waals surface area contributed by atoms with E-state index in [-0.39, 0.29) is 12.0 Å². The van der Waals surface area contributed by atoms with E-state index in [4.69, 9.17) is 4.74 Å². The molecule has 0 aromatic carbocycles. The van der Waals surface area contributed by atoms with Gasteiger partial charge in [0.1, 0.15) is 9.75 Å². The zero-order valence-electron chi connectivity index (χ0n) is 12.0. The maximum absolute atomic E-state index is 12.0. The largest absolute Gasteiger partial charge is 0.459 e. The number of aromatic nitrogens is 3. The summed E-state index contributed by atoms with van der Waals surface area (Å²) in [4.78, 5) is 28.9. The summed E-state index contributed by atoms with van der Waals surface area (Å²) >= 11 is 2.10. The van der Waals surface area contributed by atoms with E-state index < -0.39 is 5.97 Å². The molecule has 112 valence electrons. The lowest BCUT2D eigenvalue weighted by Crippen LogP contribution is -2.11. The van der Waals surface area contributed by atoms with Gasteiger partial charge in [-0.3, -0.25) is 10.1 Å². The number of esters is 1. The fraction of sp³-hybridized carbons (Fsp3) is 0.417. The highest BCUT2D eigenvalue weighted by molar-refractivity contribution is 7.17. The first-order chi connectivity index (χ1) is 9.88. The van der Waals surface area contributed by atoms with E-state index in [1.807, 2.05) is 0 Å². The summed E-state index contributed by atoms with van der Waals surface area (Å²) in [6.45, 7) is 6.95. The Balaban J connectivity index is 2.14. The minimum atomic E-state index is -0.434. The maximum atomic E-state index is 12.0. The van der Waals surface area contributed by atoms with Crippen LogP contribution in [0.15, 0.2) is 0 Å². The van der Waals surface area contributed by atoms with Crippen LogP contribution in [0, 0.1) is 13.8 Å². The lowest BCUT2D eigenvalue weighted by atomic mass is 10.4. The highest BCUT2D eigenvalue weighted by atomic mass is 32.1. The monoisotopic (exact) mass is 326 g/mol. The minimum absolute atomic E-state index is 0.206. The van der Waals surface area contributed by atoms with Crippen LogP contribution in [-0.4, -0.2) is 32.6 Å². The molecule has 2 rings (SSSR count). The van der Waals surface area contributed by atoms with Crippen LogP contribution >= 0.6 is 22.9 Å². The topological polar surface area (TPSA) is 94.1 Å². The van der Waals surface area contributed by atoms with Crippen LogP contribution in [0.1, 0.15) is 44.6 Å². The van der Waals surface area contributed by atoms with E-state index in [2.05, 4.69) is 19.9 Å². The second-order valence-electron chi connectivity index (χ2n) is 4.53. The Morgan fingerprint density at radius 1 is 1.19 bits per heavy atom. The smallest absolute Gasteiger partial charge is 0.350 e. The fourth-order valence-corrected chi connectivity index (χ4v) is 2.90. The molecule has 0 atom stereocenters. The first-order valence-corrected chi connectivity index (χ1v) is 7.76. The molecule has 0 saturated heterocycles. The van der Waals surface area contributed by atoms with E-state index >= 15 is 0 Å². The third-order valence-electron chi connectivity index (χ3n) is 2.40. The molecule has 2 heterocycles. The number of nitrogens with one attached hydrogen (secondary N) is 1. The quantitative estimate of drug-likeness (QED) is 0.867. The van der Waals surface area contributed by atoms with E-state index in [0.29, 0.717) is 26.3 Å². The highest BCUT2D eigenvalue weighted by Gasteiger charge is 2.20. The molecule has 21 heavy (non-hydrogen) atoms. The standard InChI is InChI=1S/C12H14N4O3S2/c1-5(2)19-11(18)9-6(3)13-12(20-9)14-10(17)8-7(4)15-16-21-8/h5H,1-4H3,(H,13,14,17). The Kier molecular flexibility index (Phi) is 4.63. The van der Waals surface area contributed by atoms with Gasteiger partial charge in [-0.1, -0.05) is 15.8 Å². The zero-order chi connectivity index (χ0) is 15.6. The number of anilines is 1. The molecular weight excluding hydrogens is 312 g/mol. The maximum Gasteiger partial charge on any atom is 0.350 e. The van der Waals surface area contributed by atoms with Crippen molar-refractivity contribution in [2.24, 2.45) is 0 Å². The number of nitrogens with zero attached hydrogens (tertiary/aromatic N) is 3. The van der Waals surface area contributed by atoms with E-state index in [1.165, 1.54) is 0 Å². The van der Waals surface area contributed by atoms with Crippen LogP contribution in [0.4, 0.5) is 5.13 Å². The van der Waals surface area contributed by atoms with E-state index in [0.717, 1.165) is 22.9 Å². The van der Waals surface area contributed by atoms with Crippen molar-refractivity contribution in [1.29, 1.82) is 0 Å². The lowest BCUT2D eigenvalue weighted by Gasteiger charge is -2.05. The molecule has 0 aliphatic rings. The third kappa shape index (κ3) is 3.61. The van der Waals surface area contributed by atoms with Crippen molar-refractivity contribution >= 4 is 39.9 Å². The first-order valence-electron chi connectivity index (χ1n) is 6.17. The molecule has 0 fully saturated rings. The average molecular weight is 326 g/mol. The van der Waals surface area contributed by atoms with Gasteiger partial charge < -0.3 is 4.74 Å². The normalized spacial score (nSPS) is 10.7. The molecule has 0 aliphatic heterocycles. The Labute approximate surface area is 129 Å². The van der Waals surface area contributed by atoms with Gasteiger partial charge in [-0.15, -0.1) is 5.10 Å². The van der Waals surface area contributed by atoms with Crippen LogP contribution in [0.2, 0.25) is 0 Å². The molecule has 1 amide bonds. The van der Waals surface area contributed by atoms with Gasteiger partial charge in [0, 0.05) is 0 Å². The molecule has 7 nitrogen and oxygen atoms in total. The molecule has 1 N–H and O–H groups in total. The average Bonchev–Trinajstić information content (AvgIpc) is 2.94. The Bertz CT molecular complexity index is 678. The van der Waals surface area contributed by atoms with Gasteiger partial charge in [0.05, 0.1) is 17.5 Å². The summed E-state index contributed by atoms with van der Waals surface area (Å²) in [5, 5.41) is 6.77. The van der Waals surface area contributed by atoms with Crippen LogP contribution < -0.4 is 5.32 Å². The second kappa shape index (κ2) is 6.27. The number of hydrogen-bond acceptors (Lipinski definition) is 8. The predicted molar refractivity (Wildman–Crippen MR) is 80.0 cm³/mol. The Morgan fingerprint density at radius 2 is 1.90 bits per heavy atom. The summed E-state index contributed by atoms with van der Waals surface area (Å²) in [6, 6.07) is 0. The van der Waals surface area contributed by atoms with Crippen molar-refractivity contribution < 1.29 is 14.3 Å². The van der Waals surface area contributed by atoms with Gasteiger partial charge >= 0.3 is 5.97 Å². The number of ether oxygens (including phenoxy) is 1. The molecular formula is C12H14N4O3S2. The van der Waals surface area contributed by atoms with Crippen LogP contribution in [0.25, 0.3) is 0 Å². The van der Waals surface area contributed by atoms with Crippen molar-refractivity contribution in [3.05, 3.63) is 21.1 Å². The van der Waals surface area contributed by atoms with Crippen LogP contribution in [0.5, 0.6) is 0 Å². The number of amides is 1. The summed E-state index contributed by atoms with van der Waals surface area (Å²) in [7, 11) is 0. The van der Waals surface area contributed by atoms with E-state index in [9.17, 15) is 9.59 Å². The van der Waals surface area contributed by atoms with Crippen molar-refractivity contribution in [2.45, 2.75) is 33.8 Å². The summed E-state index contributed by atoms with van der Waals surface area (Å²) < 4.78 is 8.84. The van der Waals surface area contributed by atoms with E-state index in [1.54, 1.807) is 27.7 Å². The molecule has 0 spiro atoms. The number of carbonyl (C=O) groups excluding carboxylic acids is 2. The van der Waals surface area contributed by atoms with Gasteiger partial charge in [0.2, 0.25) is 0 Å². The number of thiazole rings is 1. The van der Waals surface area contributed by atoms with Gasteiger partial charge in [0.15, 0.2) is 5.13 Å². The first kappa shape index (κ1) is 15.5. The molecule has 2 aromatic rings. The second-order valence-corrected chi connectivity index (χ2v) is 6.28. The molecule has 2 aromatic heterocycles. The lowest BCUT2D eigenvalue weighted by molar-refractivity contribution is 0.0382. The van der Waals surface area contributed by atoms with Gasteiger partial charge in [-0.25, -0.2) is 9.78 Å². The Hall–Kier alpha value is -1.87. The molecule has 0 unspecified atom stereocenters. The highest BCUT2D eigenvalue weighted by Crippen LogP contribution is 2.24. The van der Waals surface area contributed by atoms with Crippen molar-refractivity contribution in [3.63, 3.8) is 0 Å². The summed E-state index contributed by atoms with van der Waals surface area (Å²) in [5.41, 5.74) is 1.09. The number of aryl methyl sites for hydroxylation is 2. The summed E-state index contributed by atoms with van der Waals surface area (Å²) in [6.07, 6.45) is -0.206. The SMILES string of the molecule is Cc1nnsc1C(=O)Nc1nc(C)c(C(=O)OC(C)C)s1. The Morgan fingerprint density at radius 3 is 2.48 bits per heavy atom. The molecule has 0 bridgehead atoms. The fourth-order valence-electron chi connectivity index (χ4n) is 1.50. The van der Waals surface area contributed by atoms with Crippen LogP contribution in [-0.2, 0) is 4.74 Å². The number of rotatable bonds is 4. The van der Waals surface area contributed by atoms with Crippen molar-refractivity contribution in [3.8, 4) is 0 Å². The molecule has 9 heteroatoms. The van der Waals surface area contributed by atoms with Crippen molar-refractivity contribution in [2.75, 3.05) is 5.32 Å². The number of hydrogen-bond donors (Lipinski definition) is 1. The van der Waals surface area contributed by atoms with Gasteiger partial charge in [-0.2, -0.15) is 0 Å². The number of carbonyl (C=O) groups is 2. The predicted octanol–water partition coefficient (Wildman–Crippen LogP) is 2.43. The minimum Gasteiger partial charge on any atom is -0.459 e. The van der Waals surface area contributed by atoms with Gasteiger partial charge in [-0.05, 0) is 39.2 Å². The summed E-state index contributed by atoms with van der Waals surface area (Å²) in [5.74, 6) is -0.767. The third-order valence-corrected chi connectivity index (χ3v) is 4.28. The van der Waals surface area contributed by atoms with Crippen molar-refractivity contribution in [1.82, 2.24) is 14.6 Å².